The first-order valence-electron chi connectivity index (χ1n) is 30.8. The summed E-state index contributed by atoms with van der Waals surface area (Å²) in [6, 6.07) is 4.65. The van der Waals surface area contributed by atoms with Gasteiger partial charge in [-0.2, -0.15) is 0 Å². The molecule has 2 saturated heterocycles. The van der Waals surface area contributed by atoms with Gasteiger partial charge in [0.05, 0.1) is 46.5 Å². The highest BCUT2D eigenvalue weighted by molar-refractivity contribution is 6.02. The molecule has 2 aromatic heterocycles. The Kier molecular flexibility index (Phi) is 12.6. The van der Waals surface area contributed by atoms with Crippen LogP contribution in [0, 0.1) is 50.2 Å². The molecule has 6 N–H and O–H groups in total. The second kappa shape index (κ2) is 18.3. The number of ether oxygens (including phenoxy) is 2. The van der Waals surface area contributed by atoms with Gasteiger partial charge in [-0.05, 0) is 177 Å². The molecular formula is C66H91N3O9. The van der Waals surface area contributed by atoms with Gasteiger partial charge in [-0.25, -0.2) is 0 Å². The molecule has 14 unspecified atom stereocenters. The normalized spacial score (nSPS) is 41.4. The molecule has 78 heavy (non-hydrogen) atoms. The summed E-state index contributed by atoms with van der Waals surface area (Å²) in [7, 11) is 1.95. The van der Waals surface area contributed by atoms with Crippen LogP contribution in [-0.2, 0) is 48.8 Å². The number of hydrogen-bond acceptors (Lipinski definition) is 10. The van der Waals surface area contributed by atoms with Gasteiger partial charge in [0, 0.05) is 92.1 Å². The minimum absolute atomic E-state index is 0.0497. The van der Waals surface area contributed by atoms with Gasteiger partial charge in [0.2, 0.25) is 0 Å². The molecule has 0 amide bonds. The number of hydrogen-bond donors (Lipinski definition) is 6. The Balaban J connectivity index is 1.01. The lowest BCUT2D eigenvalue weighted by molar-refractivity contribution is -0.262. The van der Waals surface area contributed by atoms with Crippen LogP contribution in [0.4, 0.5) is 0 Å². The molecule has 1 spiro atoms. The van der Waals surface area contributed by atoms with Gasteiger partial charge in [-0.3, -0.25) is 14.4 Å². The first kappa shape index (κ1) is 53.8. The number of aryl methyl sites for hydroxylation is 1. The van der Waals surface area contributed by atoms with Gasteiger partial charge >= 0.3 is 0 Å². The Morgan fingerprint density at radius 2 is 1.62 bits per heavy atom. The number of ketones is 3. The van der Waals surface area contributed by atoms with Gasteiger partial charge in [0.25, 0.3) is 0 Å². The van der Waals surface area contributed by atoms with E-state index in [1.807, 2.05) is 20.9 Å². The zero-order valence-corrected chi connectivity index (χ0v) is 48.3. The number of benzene rings is 1. The number of aromatic nitrogens is 2. The number of fused-ring (bicyclic) bond motifs is 6. The molecule has 0 radical (unpaired) electrons. The first-order valence-corrected chi connectivity index (χ1v) is 30.8. The Hall–Kier alpha value is -3.49. The third-order valence-electron chi connectivity index (χ3n) is 25.2. The molecule has 13 rings (SSSR count). The van der Waals surface area contributed by atoms with E-state index < -0.39 is 73.8 Å². The van der Waals surface area contributed by atoms with Crippen LogP contribution in [0.1, 0.15) is 209 Å². The van der Waals surface area contributed by atoms with Crippen molar-refractivity contribution in [3.8, 4) is 0 Å². The summed E-state index contributed by atoms with van der Waals surface area (Å²) < 4.78 is 14.3. The zero-order chi connectivity index (χ0) is 54.9. The van der Waals surface area contributed by atoms with Gasteiger partial charge in [0.15, 0.2) is 5.78 Å². The van der Waals surface area contributed by atoms with Crippen LogP contribution in [-0.4, -0.2) is 104 Å². The first-order chi connectivity index (χ1) is 37.0. The molecule has 0 bridgehead atoms. The highest BCUT2D eigenvalue weighted by Crippen LogP contribution is 2.80. The maximum Gasteiger partial charge on any atom is 0.160 e. The molecule has 5 saturated carbocycles. The topological polar surface area (TPSA) is 187 Å². The monoisotopic (exact) mass is 1070 g/mol. The third-order valence-corrected chi connectivity index (χ3v) is 25.2. The highest BCUT2D eigenvalue weighted by atomic mass is 16.6. The Morgan fingerprint density at radius 1 is 0.872 bits per heavy atom. The van der Waals surface area contributed by atoms with Gasteiger partial charge in [0.1, 0.15) is 17.7 Å². The molecule has 14 atom stereocenters. The molecule has 424 valence electrons. The van der Waals surface area contributed by atoms with Crippen LogP contribution in [0.25, 0.3) is 11.0 Å². The van der Waals surface area contributed by atoms with Crippen molar-refractivity contribution in [2.45, 2.75) is 231 Å². The summed E-state index contributed by atoms with van der Waals surface area (Å²) in [4.78, 5) is 49.8. The standard InChI is InChI=1S/C66H91N3O9/c1-59(2)58(78-59)48(73)31-60(3)19-16-38-34-68-54-43(51-42-28-39(37-12-10-9-11-13-37)29-45(41(42)14-15-46(51)71)66(76)23-26-77-27-24-66)35-69(55(38)54)36-44-52-53(60)47(72)32-63(52,6)62(5)20-18-49-61(4,22-25-67-8)50(74)33-65(21-17-40(70)30-65)64(49,7)57(62)56(44)75/h28-29,34-35,37,40,44,48-49,51,56-58,67-68,70,73,75-76H,9-27,30-33,36H2,1-8H3. The second-order valence-corrected chi connectivity index (χ2v) is 29.4. The number of aliphatic hydroxyl groups is 4. The van der Waals surface area contributed by atoms with E-state index in [-0.39, 0.29) is 35.3 Å². The maximum absolute atomic E-state index is 15.8. The van der Waals surface area contributed by atoms with Gasteiger partial charge in [-0.15, -0.1) is 0 Å². The van der Waals surface area contributed by atoms with Crippen molar-refractivity contribution >= 4 is 28.4 Å². The fourth-order valence-electron chi connectivity index (χ4n) is 20.9. The number of H-pyrrole nitrogens is 1. The molecule has 7 aliphatic carbocycles. The van der Waals surface area contributed by atoms with E-state index in [2.05, 4.69) is 74.0 Å². The molecule has 10 aliphatic rings. The molecule has 5 heterocycles. The summed E-state index contributed by atoms with van der Waals surface area (Å²) in [6.45, 7) is 17.6. The molecule has 1 aromatic carbocycles. The fraction of sp³-hybridized carbons (Fsp3) is 0.742. The SMILES string of the molecule is CNCCC1(C)C(=O)CC2(CCC(O)C2)C2(C)C1CCC1(C)C2C(O)C2Cn3cc(C4C(=O)CCc5c4cc(C4CCCCC4)cc5C4(O)CCOCC4)c4[nH]cc(c43)CCC(C)(CC(O)C3OC3(C)C)C3=C2C1(C)CC3=O. The van der Waals surface area contributed by atoms with E-state index in [1.165, 1.54) is 24.8 Å². The number of carbonyl (C=O) groups is 3. The summed E-state index contributed by atoms with van der Waals surface area (Å²) in [5.41, 5.74) is 4.83. The fourth-order valence-corrected chi connectivity index (χ4v) is 20.9. The van der Waals surface area contributed by atoms with Crippen LogP contribution in [0.3, 0.4) is 0 Å². The van der Waals surface area contributed by atoms with Crippen LogP contribution < -0.4 is 5.32 Å². The number of allylic oxidation sites excluding steroid dienone is 1. The van der Waals surface area contributed by atoms with Crippen molar-refractivity contribution in [2.75, 3.05) is 26.8 Å². The van der Waals surface area contributed by atoms with Crippen LogP contribution in [0.15, 0.2) is 35.7 Å². The van der Waals surface area contributed by atoms with E-state index in [0.29, 0.717) is 109 Å². The number of nitrogens with one attached hydrogen (secondary N) is 2. The van der Waals surface area contributed by atoms with Gasteiger partial charge < -0.3 is 44.8 Å². The third kappa shape index (κ3) is 7.49. The molecular weight excluding hydrogens is 979 g/mol. The number of epoxide rings is 1. The maximum atomic E-state index is 15.8. The van der Waals surface area contributed by atoms with Crippen molar-refractivity contribution in [1.29, 1.82) is 0 Å². The number of aromatic amines is 1. The molecule has 12 nitrogen and oxygen atoms in total. The van der Waals surface area contributed by atoms with Crippen molar-refractivity contribution < 1.29 is 44.3 Å². The second-order valence-electron chi connectivity index (χ2n) is 29.4. The number of rotatable bonds is 9. The molecule has 7 fully saturated rings. The predicted octanol–water partition coefficient (Wildman–Crippen LogP) is 9.97. The number of nitrogens with zero attached hydrogens (tertiary/aromatic N) is 1. The quantitative estimate of drug-likeness (QED) is 0.113. The Labute approximate surface area is 462 Å². The lowest BCUT2D eigenvalue weighted by Gasteiger charge is -2.74. The van der Waals surface area contributed by atoms with Crippen LogP contribution in [0.5, 0.6) is 0 Å². The molecule has 12 heteroatoms. The lowest BCUT2D eigenvalue weighted by Crippen LogP contribution is -2.72. The average molecular weight is 1070 g/mol. The minimum atomic E-state index is -1.04. The smallest absolute Gasteiger partial charge is 0.160 e. The van der Waals surface area contributed by atoms with E-state index in [4.69, 9.17) is 9.47 Å². The Morgan fingerprint density at radius 3 is 2.31 bits per heavy atom. The van der Waals surface area contributed by atoms with E-state index in [9.17, 15) is 20.4 Å². The zero-order valence-electron chi connectivity index (χ0n) is 48.3. The van der Waals surface area contributed by atoms with Crippen molar-refractivity contribution in [1.82, 2.24) is 14.9 Å². The predicted molar refractivity (Wildman–Crippen MR) is 299 cm³/mol. The summed E-state index contributed by atoms with van der Waals surface area (Å²) >= 11 is 0. The number of carbonyl (C=O) groups excluding carboxylic acids is 3. The largest absolute Gasteiger partial charge is 0.393 e. The number of aliphatic hydroxyl groups excluding tert-OH is 3. The van der Waals surface area contributed by atoms with Crippen LogP contribution in [0.2, 0.25) is 0 Å². The number of Topliss-reactive ketones (excluding diaryl/α,β-unsaturated/α-hetero) is 3. The molecule has 3 aromatic rings. The van der Waals surface area contributed by atoms with Crippen LogP contribution >= 0.6 is 0 Å². The lowest BCUT2D eigenvalue weighted by atomic mass is 9.30. The molecule has 3 aliphatic heterocycles. The minimum Gasteiger partial charge on any atom is -0.393 e. The average Bonchev–Trinajstić information content (AvgIpc) is 1.75. The summed E-state index contributed by atoms with van der Waals surface area (Å²) in [5, 5.41) is 54.3. The van der Waals surface area contributed by atoms with Crippen molar-refractivity contribution in [2.24, 2.45) is 50.2 Å². The van der Waals surface area contributed by atoms with Crippen molar-refractivity contribution in [3.63, 3.8) is 0 Å². The van der Waals surface area contributed by atoms with Crippen molar-refractivity contribution in [3.05, 3.63) is 69.1 Å². The van der Waals surface area contributed by atoms with E-state index >= 15 is 14.4 Å². The summed E-state index contributed by atoms with van der Waals surface area (Å²) in [5.74, 6) is -0.540. The van der Waals surface area contributed by atoms with E-state index in [1.54, 1.807) is 0 Å². The summed E-state index contributed by atoms with van der Waals surface area (Å²) in [6.07, 6.45) is 15.8. The highest BCUT2D eigenvalue weighted by Gasteiger charge is 2.77. The Bertz CT molecular complexity index is 2990. The van der Waals surface area contributed by atoms with Gasteiger partial charge in [-0.1, -0.05) is 66.0 Å². The van der Waals surface area contributed by atoms with E-state index in [0.717, 1.165) is 82.1 Å².